The molecule has 86 heavy (non-hydrogen) atoms. The van der Waals surface area contributed by atoms with E-state index in [-0.39, 0.29) is 1.43 Å². The standard InChI is InChI=1S/C38H25N3.C28H18IN.C10H9BN2O2.H2/c1-3-13-36-34(9-1)35-10-2-4-14-37(35)41(36)31-21-19-28(20-22-31)33-12-6-8-29-7-5-11-32(38(29)33)27-17-15-26(16-18-27)30-23-39-25-40-24-30;29-25-12-6-8-20-7-5-11-22(28(20)25)19-15-17-21(18-16-19)30-26-13-3-1-9-23(26)24-10-2-4-14-27(24)30;14-11(15)10-3-1-8(2-4-10)9-5-12-7-13-6-9;/h1-25H;1-18H;1-7,14-15H;1H/i;;;1+1. The summed E-state index contributed by atoms with van der Waals surface area (Å²) in [5.74, 6) is 0. The van der Waals surface area contributed by atoms with Crippen LogP contribution in [0.4, 0.5) is 0 Å². The number of hydrogen-bond acceptors (Lipinski definition) is 6. The van der Waals surface area contributed by atoms with Crippen LogP contribution in [0.1, 0.15) is 1.43 Å². The van der Waals surface area contributed by atoms with E-state index in [1.165, 1.54) is 114 Å². The van der Waals surface area contributed by atoms with Gasteiger partial charge in [-0.3, -0.25) is 0 Å². The molecule has 0 saturated heterocycles. The summed E-state index contributed by atoms with van der Waals surface area (Å²) in [6.07, 6.45) is 10.1. The summed E-state index contributed by atoms with van der Waals surface area (Å²) < 4.78 is 6.01. The van der Waals surface area contributed by atoms with Crippen molar-refractivity contribution in [2.24, 2.45) is 0 Å². The van der Waals surface area contributed by atoms with Gasteiger partial charge in [-0.15, -0.1) is 0 Å². The van der Waals surface area contributed by atoms with E-state index in [1.54, 1.807) is 43.0 Å². The first-order valence-corrected chi connectivity index (χ1v) is 29.5. The molecule has 0 spiro atoms. The number of hydrogen-bond donors (Lipinski definition) is 2. The highest BCUT2D eigenvalue weighted by Crippen LogP contribution is 2.40. The first kappa shape index (κ1) is 53.6. The molecular formula is C76H54BIN6O2. The topological polar surface area (TPSA) is 102 Å². The van der Waals surface area contributed by atoms with Crippen LogP contribution in [0.15, 0.2) is 304 Å². The molecule has 0 amide bonds. The van der Waals surface area contributed by atoms with Crippen LogP contribution in [0.5, 0.6) is 0 Å². The molecule has 0 fully saturated rings. The van der Waals surface area contributed by atoms with Crippen molar-refractivity contribution in [1.82, 2.24) is 29.1 Å². The van der Waals surface area contributed by atoms with Crippen LogP contribution in [0, 0.1) is 3.57 Å². The average Bonchev–Trinajstić information content (AvgIpc) is 2.24. The Labute approximate surface area is 512 Å². The SMILES string of the molecule is Ic1cccc2cccc(-c3ccc(-n4c5ccccc5c5ccccc54)cc3)c12.OB(O)c1ccc(-c2cncnc2)cc1.[2HH].c1cc(-c2ccc(-c3cncnc3)cc2)c2c(-c3ccc(-n4c5ccccc5c5ccccc54)cc3)cccc2c1. The minimum Gasteiger partial charge on any atom is -0.423 e. The maximum Gasteiger partial charge on any atom is 0.488 e. The summed E-state index contributed by atoms with van der Waals surface area (Å²) in [5, 5.41) is 28.1. The Bertz CT molecular complexity index is 4970. The van der Waals surface area contributed by atoms with Gasteiger partial charge in [0.1, 0.15) is 12.7 Å². The molecule has 0 aliphatic carbocycles. The average molecular weight is 1220 g/mol. The summed E-state index contributed by atoms with van der Waals surface area (Å²) in [7, 11) is -1.42. The Hall–Kier alpha value is -10.4. The predicted molar refractivity (Wildman–Crippen MR) is 366 cm³/mol. The Kier molecular flexibility index (Phi) is 14.8. The number of aromatic nitrogens is 6. The third-order valence-electron chi connectivity index (χ3n) is 16.0. The monoisotopic (exact) mass is 1220 g/mol. The van der Waals surface area contributed by atoms with Crippen LogP contribution >= 0.6 is 22.6 Å². The van der Waals surface area contributed by atoms with Gasteiger partial charge in [-0.25, -0.2) is 19.9 Å². The van der Waals surface area contributed by atoms with E-state index in [4.69, 9.17) is 10.0 Å². The van der Waals surface area contributed by atoms with Crippen LogP contribution in [-0.2, 0) is 0 Å². The van der Waals surface area contributed by atoms with Crippen LogP contribution in [0.25, 0.3) is 132 Å². The number of fused-ring (bicyclic) bond motifs is 8. The van der Waals surface area contributed by atoms with Gasteiger partial charge < -0.3 is 19.2 Å². The van der Waals surface area contributed by atoms with Gasteiger partial charge >= 0.3 is 7.12 Å². The van der Waals surface area contributed by atoms with Crippen molar-refractivity contribution < 1.29 is 11.5 Å². The Balaban J connectivity index is 0.000000133. The second-order valence-corrected chi connectivity index (χ2v) is 22.2. The highest BCUT2D eigenvalue weighted by molar-refractivity contribution is 14.1. The fourth-order valence-corrected chi connectivity index (χ4v) is 12.7. The van der Waals surface area contributed by atoms with Crippen molar-refractivity contribution in [3.8, 4) is 67.0 Å². The van der Waals surface area contributed by atoms with Gasteiger partial charge in [0.05, 0.1) is 22.1 Å². The molecule has 4 heterocycles. The highest BCUT2D eigenvalue weighted by Gasteiger charge is 2.16. The summed E-state index contributed by atoms with van der Waals surface area (Å²) in [5.41, 5.74) is 19.1. The van der Waals surface area contributed by atoms with Gasteiger partial charge in [-0.2, -0.15) is 0 Å². The van der Waals surface area contributed by atoms with E-state index < -0.39 is 7.12 Å². The smallest absolute Gasteiger partial charge is 0.423 e. The molecule has 0 radical (unpaired) electrons. The molecule has 0 saturated carbocycles. The van der Waals surface area contributed by atoms with Gasteiger partial charge in [-0.1, -0.05) is 212 Å². The molecule has 410 valence electrons. The number of para-hydroxylation sites is 4. The fourth-order valence-electron chi connectivity index (χ4n) is 11.9. The minimum absolute atomic E-state index is 0. The first-order chi connectivity index (χ1) is 42.4. The third-order valence-corrected chi connectivity index (χ3v) is 16.9. The van der Waals surface area contributed by atoms with E-state index >= 15 is 0 Å². The molecule has 10 heteroatoms. The molecule has 8 nitrogen and oxygen atoms in total. The zero-order valence-corrected chi connectivity index (χ0v) is 48.6. The number of rotatable bonds is 8. The number of benzene rings is 12. The maximum absolute atomic E-state index is 8.92. The molecule has 0 aliphatic rings. The molecule has 16 aromatic rings. The summed E-state index contributed by atoms with van der Waals surface area (Å²) in [6.45, 7) is 0. The van der Waals surface area contributed by atoms with Crippen molar-refractivity contribution in [2.75, 3.05) is 0 Å². The van der Waals surface area contributed by atoms with Crippen LogP contribution in [0.3, 0.4) is 0 Å². The zero-order chi connectivity index (χ0) is 57.9. The van der Waals surface area contributed by atoms with Crippen molar-refractivity contribution >= 4 is 100 Å². The molecule has 2 N–H and O–H groups in total. The maximum atomic E-state index is 8.92. The van der Waals surface area contributed by atoms with Crippen LogP contribution < -0.4 is 5.46 Å². The highest BCUT2D eigenvalue weighted by atomic mass is 127. The lowest BCUT2D eigenvalue weighted by atomic mass is 9.80. The van der Waals surface area contributed by atoms with Gasteiger partial charge in [0.2, 0.25) is 0 Å². The summed E-state index contributed by atoms with van der Waals surface area (Å²) in [4.78, 5) is 16.2. The van der Waals surface area contributed by atoms with Gasteiger partial charge in [0, 0.05) is 79.2 Å². The Morgan fingerprint density at radius 1 is 0.302 bits per heavy atom. The summed E-state index contributed by atoms with van der Waals surface area (Å²) in [6, 6.07) is 94.3. The molecule has 0 atom stereocenters. The van der Waals surface area contributed by atoms with Crippen LogP contribution in [0.2, 0.25) is 0 Å². The predicted octanol–water partition coefficient (Wildman–Crippen LogP) is 18.0. The van der Waals surface area contributed by atoms with Crippen molar-refractivity contribution in [3.05, 3.63) is 308 Å². The molecule has 0 aliphatic heterocycles. The van der Waals surface area contributed by atoms with Gasteiger partial charge in [-0.05, 0) is 143 Å². The van der Waals surface area contributed by atoms with E-state index in [0.717, 1.165) is 27.9 Å². The number of nitrogens with zero attached hydrogens (tertiary/aromatic N) is 6. The second kappa shape index (κ2) is 23.7. The minimum atomic E-state index is -1.42. The third kappa shape index (κ3) is 10.4. The number of halogens is 1. The molecule has 16 rings (SSSR count). The normalized spacial score (nSPS) is 11.2. The Morgan fingerprint density at radius 2 is 0.616 bits per heavy atom. The second-order valence-electron chi connectivity index (χ2n) is 21.0. The van der Waals surface area contributed by atoms with Gasteiger partial charge in [0.25, 0.3) is 0 Å². The lowest BCUT2D eigenvalue weighted by Crippen LogP contribution is -2.29. The quantitative estimate of drug-likeness (QED) is 0.116. The fraction of sp³-hybridized carbons (Fsp3) is 0. The van der Waals surface area contributed by atoms with E-state index in [1.807, 2.05) is 12.4 Å². The van der Waals surface area contributed by atoms with Crippen LogP contribution in [-0.4, -0.2) is 46.2 Å². The first-order valence-electron chi connectivity index (χ1n) is 28.4. The molecule has 4 aromatic heterocycles. The Morgan fingerprint density at radius 3 is 1.00 bits per heavy atom. The molecule has 12 aromatic carbocycles. The van der Waals surface area contributed by atoms with E-state index in [0.29, 0.717) is 5.46 Å². The van der Waals surface area contributed by atoms with Gasteiger partial charge in [0.15, 0.2) is 0 Å². The van der Waals surface area contributed by atoms with Crippen molar-refractivity contribution in [2.45, 2.75) is 0 Å². The largest absolute Gasteiger partial charge is 0.488 e. The summed E-state index contributed by atoms with van der Waals surface area (Å²) >= 11 is 2.44. The van der Waals surface area contributed by atoms with E-state index in [2.05, 4.69) is 294 Å². The molecule has 0 bridgehead atoms. The van der Waals surface area contributed by atoms with Crippen molar-refractivity contribution in [1.29, 1.82) is 0 Å². The lowest BCUT2D eigenvalue weighted by Gasteiger charge is -2.14. The van der Waals surface area contributed by atoms with Crippen molar-refractivity contribution in [3.63, 3.8) is 0 Å². The lowest BCUT2D eigenvalue weighted by molar-refractivity contribution is 0.426. The zero-order valence-electron chi connectivity index (χ0n) is 46.4. The molecule has 0 unspecified atom stereocenters. The molecular weight excluding hydrogens is 1170 g/mol. The van der Waals surface area contributed by atoms with E-state index in [9.17, 15) is 0 Å².